The number of nitrogens with one attached hydrogen (secondary N) is 2. The lowest BCUT2D eigenvalue weighted by atomic mass is 10.2. The molecule has 0 aliphatic rings. The molecular formula is C18H16BrN3O2. The van der Waals surface area contributed by atoms with E-state index < -0.39 is 0 Å². The van der Waals surface area contributed by atoms with E-state index in [1.165, 1.54) is 6.20 Å². The topological polar surface area (TPSA) is 67.2 Å². The van der Waals surface area contributed by atoms with Gasteiger partial charge in [-0.05, 0) is 42.8 Å². The maximum atomic E-state index is 12.4. The van der Waals surface area contributed by atoms with Gasteiger partial charge in [-0.15, -0.1) is 0 Å². The smallest absolute Gasteiger partial charge is 0.257 e. The van der Waals surface area contributed by atoms with Crippen LogP contribution in [0.2, 0.25) is 0 Å². The fraction of sp³-hybridized carbons (Fsp3) is 0.111. The van der Waals surface area contributed by atoms with Gasteiger partial charge in [-0.2, -0.15) is 0 Å². The Hall–Kier alpha value is -2.60. The quantitative estimate of drug-likeness (QED) is 0.672. The molecule has 0 aliphatic carbocycles. The normalized spacial score (nSPS) is 10.4. The summed E-state index contributed by atoms with van der Waals surface area (Å²) in [7, 11) is 0. The number of carbonyl (C=O) groups is 1. The van der Waals surface area contributed by atoms with Crippen LogP contribution in [-0.4, -0.2) is 10.9 Å². The zero-order chi connectivity index (χ0) is 16.9. The number of hydrogen-bond donors (Lipinski definition) is 2. The molecule has 6 heteroatoms. The highest BCUT2D eigenvalue weighted by Crippen LogP contribution is 2.21. The Bertz CT molecular complexity index is 847. The van der Waals surface area contributed by atoms with E-state index in [1.54, 1.807) is 18.5 Å². The van der Waals surface area contributed by atoms with Crippen molar-refractivity contribution >= 4 is 33.2 Å². The number of pyridine rings is 1. The first-order valence-corrected chi connectivity index (χ1v) is 8.20. The summed E-state index contributed by atoms with van der Waals surface area (Å²) < 4.78 is 6.22. The third kappa shape index (κ3) is 4.02. The largest absolute Gasteiger partial charge is 0.467 e. The van der Waals surface area contributed by atoms with E-state index in [1.807, 2.05) is 37.3 Å². The van der Waals surface area contributed by atoms with Crippen molar-refractivity contribution in [3.63, 3.8) is 0 Å². The minimum Gasteiger partial charge on any atom is -0.467 e. The second-order valence-corrected chi connectivity index (χ2v) is 6.17. The predicted molar refractivity (Wildman–Crippen MR) is 97.1 cm³/mol. The summed E-state index contributed by atoms with van der Waals surface area (Å²) in [5.74, 6) is 0.606. The van der Waals surface area contributed by atoms with Crippen LogP contribution >= 0.6 is 15.9 Å². The van der Waals surface area contributed by atoms with Crippen LogP contribution in [0.5, 0.6) is 0 Å². The van der Waals surface area contributed by atoms with Crippen molar-refractivity contribution in [3.05, 3.63) is 76.4 Å². The Kier molecular flexibility index (Phi) is 4.96. The van der Waals surface area contributed by atoms with Crippen LogP contribution in [0.4, 0.5) is 11.4 Å². The van der Waals surface area contributed by atoms with Crippen molar-refractivity contribution in [1.29, 1.82) is 0 Å². The zero-order valence-corrected chi connectivity index (χ0v) is 14.6. The van der Waals surface area contributed by atoms with Crippen molar-refractivity contribution < 1.29 is 9.21 Å². The molecule has 0 fully saturated rings. The monoisotopic (exact) mass is 385 g/mol. The van der Waals surface area contributed by atoms with E-state index in [9.17, 15) is 4.79 Å². The van der Waals surface area contributed by atoms with Gasteiger partial charge < -0.3 is 15.1 Å². The van der Waals surface area contributed by atoms with Crippen LogP contribution < -0.4 is 10.6 Å². The molecule has 122 valence electrons. The van der Waals surface area contributed by atoms with Crippen LogP contribution in [0.1, 0.15) is 21.7 Å². The Morgan fingerprint density at radius 3 is 2.83 bits per heavy atom. The highest BCUT2D eigenvalue weighted by atomic mass is 79.9. The summed E-state index contributed by atoms with van der Waals surface area (Å²) >= 11 is 3.46. The maximum absolute atomic E-state index is 12.4. The second-order valence-electron chi connectivity index (χ2n) is 5.31. The molecule has 3 aromatic rings. The molecule has 2 aromatic heterocycles. The van der Waals surface area contributed by atoms with Crippen molar-refractivity contribution in [3.8, 4) is 0 Å². The van der Waals surface area contributed by atoms with Crippen LogP contribution in [-0.2, 0) is 6.54 Å². The number of benzene rings is 1. The van der Waals surface area contributed by atoms with Crippen LogP contribution in [0, 0.1) is 6.92 Å². The number of carbonyl (C=O) groups excluding carboxylic acids is 1. The predicted octanol–water partition coefficient (Wildman–Crippen LogP) is 4.61. The fourth-order valence-corrected chi connectivity index (χ4v) is 2.52. The molecule has 24 heavy (non-hydrogen) atoms. The van der Waals surface area contributed by atoms with Crippen LogP contribution in [0.3, 0.4) is 0 Å². The Balaban J connectivity index is 1.68. The first kappa shape index (κ1) is 16.3. The van der Waals surface area contributed by atoms with Gasteiger partial charge >= 0.3 is 0 Å². The molecule has 1 amide bonds. The maximum Gasteiger partial charge on any atom is 0.257 e. The average molecular weight is 386 g/mol. The molecule has 0 saturated heterocycles. The van der Waals surface area contributed by atoms with Gasteiger partial charge in [-0.25, -0.2) is 0 Å². The first-order valence-electron chi connectivity index (χ1n) is 7.40. The molecule has 3 rings (SSSR count). The lowest BCUT2D eigenvalue weighted by Gasteiger charge is -2.09. The zero-order valence-electron chi connectivity index (χ0n) is 13.0. The van der Waals surface area contributed by atoms with Gasteiger partial charge in [0, 0.05) is 22.6 Å². The number of rotatable bonds is 5. The minimum atomic E-state index is -0.208. The minimum absolute atomic E-state index is 0.208. The van der Waals surface area contributed by atoms with Crippen molar-refractivity contribution in [1.82, 2.24) is 4.98 Å². The second kappa shape index (κ2) is 7.31. The Morgan fingerprint density at radius 1 is 1.21 bits per heavy atom. The van der Waals surface area contributed by atoms with Gasteiger partial charge in [0.15, 0.2) is 0 Å². The van der Waals surface area contributed by atoms with E-state index in [0.717, 1.165) is 27.2 Å². The highest BCUT2D eigenvalue weighted by Gasteiger charge is 2.08. The van der Waals surface area contributed by atoms with Crippen molar-refractivity contribution in [2.45, 2.75) is 13.5 Å². The molecule has 2 heterocycles. The molecule has 0 saturated carbocycles. The van der Waals surface area contributed by atoms with Gasteiger partial charge in [-0.1, -0.05) is 22.0 Å². The Labute approximate surface area is 148 Å². The average Bonchev–Trinajstić information content (AvgIpc) is 3.10. The molecule has 0 bridgehead atoms. The number of hydrogen-bond acceptors (Lipinski definition) is 4. The van der Waals surface area contributed by atoms with Gasteiger partial charge in [0.05, 0.1) is 24.1 Å². The third-order valence-electron chi connectivity index (χ3n) is 3.48. The van der Waals surface area contributed by atoms with E-state index >= 15 is 0 Å². The van der Waals surface area contributed by atoms with Crippen LogP contribution in [0.15, 0.2) is 63.9 Å². The SMILES string of the molecule is Cc1ccc(NC(=O)c2cncc(NCc3ccco3)c2)cc1Br. The van der Waals surface area contributed by atoms with Crippen molar-refractivity contribution in [2.75, 3.05) is 10.6 Å². The van der Waals surface area contributed by atoms with E-state index in [-0.39, 0.29) is 5.91 Å². The highest BCUT2D eigenvalue weighted by molar-refractivity contribution is 9.10. The molecular weight excluding hydrogens is 370 g/mol. The first-order chi connectivity index (χ1) is 11.6. The molecule has 0 spiro atoms. The van der Waals surface area contributed by atoms with Gasteiger partial charge in [0.2, 0.25) is 0 Å². The van der Waals surface area contributed by atoms with Gasteiger partial charge in [0.25, 0.3) is 5.91 Å². The molecule has 0 atom stereocenters. The number of aryl methyl sites for hydroxylation is 1. The number of aromatic nitrogens is 1. The van der Waals surface area contributed by atoms with Crippen LogP contribution in [0.25, 0.3) is 0 Å². The summed E-state index contributed by atoms with van der Waals surface area (Å²) in [6, 6.07) is 11.2. The van der Waals surface area contributed by atoms with Gasteiger partial charge in [0.1, 0.15) is 5.76 Å². The molecule has 1 aromatic carbocycles. The summed E-state index contributed by atoms with van der Waals surface area (Å²) in [5.41, 5.74) is 3.07. The molecule has 5 nitrogen and oxygen atoms in total. The molecule has 0 aliphatic heterocycles. The number of anilines is 2. The summed E-state index contributed by atoms with van der Waals surface area (Å²) in [5, 5.41) is 6.05. The third-order valence-corrected chi connectivity index (χ3v) is 4.33. The molecule has 2 N–H and O–H groups in total. The number of nitrogens with zero attached hydrogens (tertiary/aromatic N) is 1. The lowest BCUT2D eigenvalue weighted by Crippen LogP contribution is -2.13. The van der Waals surface area contributed by atoms with Crippen molar-refractivity contribution in [2.24, 2.45) is 0 Å². The van der Waals surface area contributed by atoms with E-state index in [2.05, 4.69) is 31.5 Å². The summed E-state index contributed by atoms with van der Waals surface area (Å²) in [4.78, 5) is 16.5. The standard InChI is InChI=1S/C18H16BrN3O2/c1-12-4-5-14(8-17(12)19)22-18(23)13-7-15(10-20-9-13)21-11-16-3-2-6-24-16/h2-10,21H,11H2,1H3,(H,22,23). The summed E-state index contributed by atoms with van der Waals surface area (Å²) in [6.45, 7) is 2.53. The molecule has 0 radical (unpaired) electrons. The fourth-order valence-electron chi connectivity index (χ4n) is 2.14. The van der Waals surface area contributed by atoms with E-state index in [0.29, 0.717) is 12.1 Å². The number of furan rings is 1. The number of halogens is 1. The number of amides is 1. The lowest BCUT2D eigenvalue weighted by molar-refractivity contribution is 0.102. The van der Waals surface area contributed by atoms with Gasteiger partial charge in [-0.3, -0.25) is 9.78 Å². The Morgan fingerprint density at radius 2 is 2.08 bits per heavy atom. The van der Waals surface area contributed by atoms with E-state index in [4.69, 9.17) is 4.42 Å². The molecule has 0 unspecified atom stereocenters. The summed E-state index contributed by atoms with van der Waals surface area (Å²) in [6.07, 6.45) is 4.83.